The highest BCUT2D eigenvalue weighted by atomic mass is 32.1. The van der Waals surface area contributed by atoms with Crippen LogP contribution in [0.15, 0.2) is 22.6 Å². The maximum absolute atomic E-state index is 10.7. The summed E-state index contributed by atoms with van der Waals surface area (Å²) in [6.45, 7) is 12.7. The van der Waals surface area contributed by atoms with Crippen molar-refractivity contribution >= 4 is 12.6 Å². The quantitative estimate of drug-likeness (QED) is 0.614. The Balaban J connectivity index is 3.13. The molecule has 1 aliphatic carbocycles. The summed E-state index contributed by atoms with van der Waals surface area (Å²) >= 11 is 4.51. The van der Waals surface area contributed by atoms with Gasteiger partial charge < -0.3 is 5.11 Å². The molecule has 0 aromatic rings. The molecule has 0 radical (unpaired) electrons. The Kier molecular flexibility index (Phi) is 3.39. The van der Waals surface area contributed by atoms with Gasteiger partial charge >= 0.3 is 0 Å². The zero-order valence-electron chi connectivity index (χ0n) is 11.3. The third kappa shape index (κ3) is 2.54. The van der Waals surface area contributed by atoms with Gasteiger partial charge in [0.2, 0.25) is 0 Å². The molecule has 0 amide bonds. The van der Waals surface area contributed by atoms with E-state index in [9.17, 15) is 5.11 Å². The number of thiol groups is 1. The average Bonchev–Trinajstić information content (AvgIpc) is 2.05. The summed E-state index contributed by atoms with van der Waals surface area (Å²) in [5.41, 5.74) is 0.368. The van der Waals surface area contributed by atoms with Crippen molar-refractivity contribution in [2.24, 2.45) is 10.8 Å². The van der Waals surface area contributed by atoms with Crippen molar-refractivity contribution in [3.05, 3.63) is 22.6 Å². The Labute approximate surface area is 105 Å². The summed E-state index contributed by atoms with van der Waals surface area (Å²) in [5, 5.41) is 10.7. The van der Waals surface area contributed by atoms with E-state index >= 15 is 0 Å². The van der Waals surface area contributed by atoms with E-state index in [4.69, 9.17) is 0 Å². The SMILES string of the molecule is CC(C)(C)C1=C(S)C=CC(O)(C(C)(C)C)C1. The van der Waals surface area contributed by atoms with Crippen LogP contribution >= 0.6 is 12.6 Å². The molecule has 1 N–H and O–H groups in total. The standard InChI is InChI=1S/C14H24OS/c1-12(2,3)10-9-14(15,13(4,5)6)8-7-11(10)16/h7-8,15-16H,9H2,1-6H3. The summed E-state index contributed by atoms with van der Waals surface area (Å²) in [6, 6.07) is 0. The lowest BCUT2D eigenvalue weighted by Crippen LogP contribution is -2.43. The van der Waals surface area contributed by atoms with Crippen molar-refractivity contribution in [1.82, 2.24) is 0 Å². The predicted octanol–water partition coefficient (Wildman–Crippen LogP) is 3.95. The molecule has 1 nitrogen and oxygen atoms in total. The molecule has 0 saturated carbocycles. The predicted molar refractivity (Wildman–Crippen MR) is 73.6 cm³/mol. The van der Waals surface area contributed by atoms with Crippen molar-refractivity contribution in [2.45, 2.75) is 53.6 Å². The van der Waals surface area contributed by atoms with Gasteiger partial charge in [-0.25, -0.2) is 0 Å². The van der Waals surface area contributed by atoms with Gasteiger partial charge in [0.25, 0.3) is 0 Å². The zero-order valence-corrected chi connectivity index (χ0v) is 12.2. The van der Waals surface area contributed by atoms with E-state index in [1.54, 1.807) is 0 Å². The molecule has 0 aliphatic heterocycles. The van der Waals surface area contributed by atoms with Crippen LogP contribution in [0.4, 0.5) is 0 Å². The van der Waals surface area contributed by atoms with Gasteiger partial charge in [-0.1, -0.05) is 53.7 Å². The largest absolute Gasteiger partial charge is 0.385 e. The summed E-state index contributed by atoms with van der Waals surface area (Å²) in [7, 11) is 0. The molecule has 0 aromatic heterocycles. The minimum absolute atomic E-state index is 0.0566. The lowest BCUT2D eigenvalue weighted by molar-refractivity contribution is -0.0175. The van der Waals surface area contributed by atoms with Crippen LogP contribution in [0.3, 0.4) is 0 Å². The molecule has 1 atom stereocenters. The molecular formula is C14H24OS. The molecule has 0 fully saturated rings. The third-order valence-corrected chi connectivity index (χ3v) is 3.90. The van der Waals surface area contributed by atoms with Crippen LogP contribution in [0.2, 0.25) is 0 Å². The Morgan fingerprint density at radius 2 is 1.69 bits per heavy atom. The van der Waals surface area contributed by atoms with Crippen LogP contribution in [0, 0.1) is 10.8 Å². The summed E-state index contributed by atoms with van der Waals surface area (Å²) in [5.74, 6) is 0. The number of hydrogen-bond donors (Lipinski definition) is 2. The molecule has 0 heterocycles. The number of hydrogen-bond acceptors (Lipinski definition) is 2. The molecule has 0 aromatic carbocycles. The second-order valence-corrected chi connectivity index (χ2v) is 7.28. The van der Waals surface area contributed by atoms with E-state index in [0.29, 0.717) is 6.42 Å². The number of rotatable bonds is 0. The molecule has 1 unspecified atom stereocenters. The number of allylic oxidation sites excluding steroid dienone is 1. The lowest BCUT2D eigenvalue weighted by Gasteiger charge is -2.43. The lowest BCUT2D eigenvalue weighted by atomic mass is 9.67. The van der Waals surface area contributed by atoms with Crippen LogP contribution in [0.25, 0.3) is 0 Å². The van der Waals surface area contributed by atoms with Crippen molar-refractivity contribution in [1.29, 1.82) is 0 Å². The van der Waals surface area contributed by atoms with Gasteiger partial charge in [-0.05, 0) is 16.4 Å². The fourth-order valence-corrected chi connectivity index (χ4v) is 2.39. The zero-order chi connectivity index (χ0) is 12.8. The van der Waals surface area contributed by atoms with Gasteiger partial charge in [-0.2, -0.15) is 0 Å². The molecule has 0 saturated heterocycles. The Bertz CT molecular complexity index is 339. The molecule has 0 bridgehead atoms. The van der Waals surface area contributed by atoms with Gasteiger partial charge in [-0.3, -0.25) is 0 Å². The first-order chi connectivity index (χ1) is 6.97. The molecule has 1 rings (SSSR count). The molecule has 1 aliphatic rings. The highest BCUT2D eigenvalue weighted by Gasteiger charge is 2.42. The topological polar surface area (TPSA) is 20.2 Å². The fraction of sp³-hybridized carbons (Fsp3) is 0.714. The van der Waals surface area contributed by atoms with Crippen molar-refractivity contribution in [2.75, 3.05) is 0 Å². The molecule has 92 valence electrons. The molecule has 2 heteroatoms. The Morgan fingerprint density at radius 3 is 2.06 bits per heavy atom. The van der Waals surface area contributed by atoms with E-state index in [1.807, 2.05) is 12.2 Å². The van der Waals surface area contributed by atoms with Crippen molar-refractivity contribution in [3.8, 4) is 0 Å². The first-order valence-corrected chi connectivity index (χ1v) is 6.26. The molecule has 16 heavy (non-hydrogen) atoms. The summed E-state index contributed by atoms with van der Waals surface area (Å²) in [4.78, 5) is 1.00. The second kappa shape index (κ2) is 3.92. The van der Waals surface area contributed by atoms with Crippen LogP contribution in [-0.2, 0) is 0 Å². The highest BCUT2D eigenvalue weighted by molar-refractivity contribution is 7.84. The van der Waals surface area contributed by atoms with Crippen LogP contribution in [0.1, 0.15) is 48.0 Å². The fourth-order valence-electron chi connectivity index (χ4n) is 1.90. The maximum atomic E-state index is 10.7. The normalized spacial score (nSPS) is 27.5. The first kappa shape index (κ1) is 13.9. The Morgan fingerprint density at radius 1 is 1.19 bits per heavy atom. The Hall–Kier alpha value is -0.210. The van der Waals surface area contributed by atoms with Gasteiger partial charge in [0.1, 0.15) is 0 Å². The molecular weight excluding hydrogens is 216 g/mol. The van der Waals surface area contributed by atoms with Crippen molar-refractivity contribution < 1.29 is 5.11 Å². The second-order valence-electron chi connectivity index (χ2n) is 6.80. The summed E-state index contributed by atoms with van der Waals surface area (Å²) in [6.07, 6.45) is 4.51. The van der Waals surface area contributed by atoms with E-state index in [1.165, 1.54) is 5.57 Å². The van der Waals surface area contributed by atoms with E-state index in [2.05, 4.69) is 54.2 Å². The van der Waals surface area contributed by atoms with Gasteiger partial charge in [-0.15, -0.1) is 12.6 Å². The van der Waals surface area contributed by atoms with E-state index in [-0.39, 0.29) is 10.8 Å². The third-order valence-electron chi connectivity index (χ3n) is 3.48. The smallest absolute Gasteiger partial charge is 0.0916 e. The minimum atomic E-state index is -0.762. The van der Waals surface area contributed by atoms with E-state index in [0.717, 1.165) is 4.91 Å². The van der Waals surface area contributed by atoms with Gasteiger partial charge in [0, 0.05) is 11.3 Å². The minimum Gasteiger partial charge on any atom is -0.385 e. The average molecular weight is 240 g/mol. The monoisotopic (exact) mass is 240 g/mol. The molecule has 0 spiro atoms. The van der Waals surface area contributed by atoms with Gasteiger partial charge in [0.05, 0.1) is 5.60 Å². The van der Waals surface area contributed by atoms with Crippen LogP contribution in [0.5, 0.6) is 0 Å². The van der Waals surface area contributed by atoms with Gasteiger partial charge in [0.15, 0.2) is 0 Å². The number of aliphatic hydroxyl groups is 1. The van der Waals surface area contributed by atoms with E-state index < -0.39 is 5.60 Å². The van der Waals surface area contributed by atoms with Crippen molar-refractivity contribution in [3.63, 3.8) is 0 Å². The first-order valence-electron chi connectivity index (χ1n) is 5.82. The maximum Gasteiger partial charge on any atom is 0.0916 e. The van der Waals surface area contributed by atoms with Crippen LogP contribution < -0.4 is 0 Å². The summed E-state index contributed by atoms with van der Waals surface area (Å²) < 4.78 is 0. The van der Waals surface area contributed by atoms with Crippen LogP contribution in [-0.4, -0.2) is 10.7 Å². The highest BCUT2D eigenvalue weighted by Crippen LogP contribution is 2.45.